The molecule has 1 saturated heterocycles. The van der Waals surface area contributed by atoms with Crippen LogP contribution in [-0.2, 0) is 0 Å². The van der Waals surface area contributed by atoms with E-state index in [0.29, 0.717) is 5.92 Å². The van der Waals surface area contributed by atoms with Crippen LogP contribution in [0.1, 0.15) is 25.3 Å². The van der Waals surface area contributed by atoms with Crippen LogP contribution in [0.15, 0.2) is 30.3 Å². The molecule has 5 rings (SSSR count). The highest BCUT2D eigenvalue weighted by atomic mass is 32.1. The molecular formula is C19H23N5O2S. The Bertz CT molecular complexity index is 921. The van der Waals surface area contributed by atoms with Crippen molar-refractivity contribution in [2.75, 3.05) is 13.1 Å². The van der Waals surface area contributed by atoms with E-state index in [4.69, 9.17) is 0 Å². The second-order valence-electron chi connectivity index (χ2n) is 7.60. The number of fused-ring (bicyclic) bond motifs is 1. The van der Waals surface area contributed by atoms with Gasteiger partial charge in [-0.2, -0.15) is 0 Å². The molecule has 1 saturated carbocycles. The highest BCUT2D eigenvalue weighted by Gasteiger charge is 2.46. The van der Waals surface area contributed by atoms with Crippen LogP contribution in [-0.4, -0.2) is 55.0 Å². The fraction of sp³-hybridized carbons (Fsp3) is 0.526. The Labute approximate surface area is 161 Å². The predicted octanol–water partition coefficient (Wildman–Crippen LogP) is 1.84. The lowest BCUT2D eigenvalue weighted by Crippen LogP contribution is -2.39. The molecule has 0 aromatic carbocycles. The van der Waals surface area contributed by atoms with E-state index in [0.717, 1.165) is 54.0 Å². The van der Waals surface area contributed by atoms with E-state index in [1.807, 2.05) is 16.1 Å². The lowest BCUT2D eigenvalue weighted by molar-refractivity contribution is -0.00692. The molecule has 3 aromatic heterocycles. The summed E-state index contributed by atoms with van der Waals surface area (Å²) in [6.07, 6.45) is 8.61. The van der Waals surface area contributed by atoms with Gasteiger partial charge >= 0.3 is 0 Å². The van der Waals surface area contributed by atoms with E-state index in [9.17, 15) is 10.2 Å². The zero-order chi connectivity index (χ0) is 18.4. The van der Waals surface area contributed by atoms with Gasteiger partial charge in [0.25, 0.3) is 0 Å². The summed E-state index contributed by atoms with van der Waals surface area (Å²) in [5.74, 6) is 0.503. The minimum atomic E-state index is -0.799. The zero-order valence-electron chi connectivity index (χ0n) is 14.9. The van der Waals surface area contributed by atoms with Crippen molar-refractivity contribution in [3.8, 4) is 10.6 Å². The van der Waals surface area contributed by atoms with Gasteiger partial charge in [-0.3, -0.25) is 0 Å². The molecule has 0 amide bonds. The molecule has 142 valence electrons. The van der Waals surface area contributed by atoms with Crippen LogP contribution >= 0.6 is 11.3 Å². The van der Waals surface area contributed by atoms with Crippen LogP contribution in [0.5, 0.6) is 0 Å². The van der Waals surface area contributed by atoms with Gasteiger partial charge in [-0.25, -0.2) is 15.0 Å². The summed E-state index contributed by atoms with van der Waals surface area (Å²) >= 11 is 1.57. The number of hydrogen-bond acceptors (Lipinski definition) is 7. The first-order valence-electron chi connectivity index (χ1n) is 9.51. The van der Waals surface area contributed by atoms with Crippen LogP contribution in [0.3, 0.4) is 0 Å². The van der Waals surface area contributed by atoms with Crippen molar-refractivity contribution in [3.63, 3.8) is 0 Å². The summed E-state index contributed by atoms with van der Waals surface area (Å²) < 4.78 is 2.03. The van der Waals surface area contributed by atoms with E-state index in [1.165, 1.54) is 6.33 Å². The van der Waals surface area contributed by atoms with E-state index in [2.05, 4.69) is 20.3 Å². The quantitative estimate of drug-likeness (QED) is 0.637. The Balaban J connectivity index is 1.53. The predicted molar refractivity (Wildman–Crippen MR) is 103 cm³/mol. The van der Waals surface area contributed by atoms with Crippen molar-refractivity contribution in [3.05, 3.63) is 30.3 Å². The molecule has 2 fully saturated rings. The third-order valence-electron chi connectivity index (χ3n) is 6.15. The molecule has 0 bridgehead atoms. The van der Waals surface area contributed by atoms with Gasteiger partial charge < -0.3 is 20.1 Å². The van der Waals surface area contributed by atoms with Crippen LogP contribution in [0.25, 0.3) is 21.6 Å². The number of aliphatic hydroxyl groups is 2. The summed E-state index contributed by atoms with van der Waals surface area (Å²) in [6.45, 7) is 1.96. The SMILES string of the molecule is O[C@@H]1[C@H](O)[C@@H]([C@H]2CCCNC2)C[C@H]1n1cc(-c2nccs2)c2cncnc21. The fourth-order valence-electron chi connectivity index (χ4n) is 4.80. The van der Waals surface area contributed by atoms with Crippen LogP contribution in [0, 0.1) is 11.8 Å². The maximum absolute atomic E-state index is 10.9. The second-order valence-corrected chi connectivity index (χ2v) is 8.50. The second kappa shape index (κ2) is 6.94. The lowest BCUT2D eigenvalue weighted by Gasteiger charge is -2.30. The van der Waals surface area contributed by atoms with Crippen LogP contribution in [0.2, 0.25) is 0 Å². The molecule has 7 nitrogen and oxygen atoms in total. The number of hydrogen-bond donors (Lipinski definition) is 3. The zero-order valence-corrected chi connectivity index (χ0v) is 15.7. The summed E-state index contributed by atoms with van der Waals surface area (Å²) in [5, 5.41) is 28.8. The molecular weight excluding hydrogens is 362 g/mol. The van der Waals surface area contributed by atoms with Gasteiger partial charge in [0, 0.05) is 34.9 Å². The van der Waals surface area contributed by atoms with Crippen LogP contribution < -0.4 is 5.32 Å². The molecule has 1 aliphatic heterocycles. The summed E-state index contributed by atoms with van der Waals surface area (Å²) in [4.78, 5) is 13.1. The Morgan fingerprint density at radius 3 is 2.93 bits per heavy atom. The van der Waals surface area contributed by atoms with Gasteiger partial charge in [-0.15, -0.1) is 11.3 Å². The number of nitrogens with zero attached hydrogens (tertiary/aromatic N) is 4. The molecule has 0 radical (unpaired) electrons. The molecule has 0 spiro atoms. The Morgan fingerprint density at radius 2 is 2.15 bits per heavy atom. The summed E-state index contributed by atoms with van der Waals surface area (Å²) in [5.41, 5.74) is 1.76. The Morgan fingerprint density at radius 1 is 1.22 bits per heavy atom. The molecule has 0 unspecified atom stereocenters. The minimum Gasteiger partial charge on any atom is -0.390 e. The van der Waals surface area contributed by atoms with Gasteiger partial charge in [0.05, 0.1) is 12.1 Å². The monoisotopic (exact) mass is 385 g/mol. The topological polar surface area (TPSA) is 96.1 Å². The first-order valence-corrected chi connectivity index (χ1v) is 10.4. The highest BCUT2D eigenvalue weighted by molar-refractivity contribution is 7.13. The summed E-state index contributed by atoms with van der Waals surface area (Å²) in [6, 6.07) is -0.196. The average Bonchev–Trinajstić information content (AvgIpc) is 3.42. The number of nitrogens with one attached hydrogen (secondary N) is 1. The third-order valence-corrected chi connectivity index (χ3v) is 6.96. The van der Waals surface area contributed by atoms with Crippen molar-refractivity contribution in [2.45, 2.75) is 37.5 Å². The van der Waals surface area contributed by atoms with Gasteiger partial charge in [-0.1, -0.05) is 0 Å². The number of aromatic nitrogens is 4. The first kappa shape index (κ1) is 17.2. The number of aliphatic hydroxyl groups excluding tert-OH is 2. The van der Waals surface area contributed by atoms with E-state index in [-0.39, 0.29) is 12.0 Å². The van der Waals surface area contributed by atoms with Crippen molar-refractivity contribution < 1.29 is 10.2 Å². The molecule has 3 N–H and O–H groups in total. The molecule has 2 aliphatic rings. The number of thiazole rings is 1. The maximum Gasteiger partial charge on any atom is 0.144 e. The normalized spacial score (nSPS) is 31.6. The maximum atomic E-state index is 10.9. The van der Waals surface area contributed by atoms with Crippen molar-refractivity contribution in [1.82, 2.24) is 24.8 Å². The average molecular weight is 385 g/mol. The third kappa shape index (κ3) is 2.87. The minimum absolute atomic E-state index is 0.0976. The number of rotatable bonds is 3. The summed E-state index contributed by atoms with van der Waals surface area (Å²) in [7, 11) is 0. The molecule has 1 aliphatic carbocycles. The highest BCUT2D eigenvalue weighted by Crippen LogP contribution is 2.43. The molecule has 5 atom stereocenters. The van der Waals surface area contributed by atoms with Gasteiger partial charge in [0.15, 0.2) is 0 Å². The number of piperidine rings is 1. The lowest BCUT2D eigenvalue weighted by atomic mass is 9.83. The van der Waals surface area contributed by atoms with Crippen molar-refractivity contribution in [2.24, 2.45) is 11.8 Å². The standard InChI is InChI=1S/C19H23N5O2S/c25-16-12(11-2-1-3-20-7-11)6-15(17(16)26)24-9-14(19-22-4-5-27-19)13-8-21-10-23-18(13)24/h4-5,8-12,15-17,20,25-26H,1-3,6-7H2/t11-,12+,15+,16+,17-/m0/s1. The van der Waals surface area contributed by atoms with Gasteiger partial charge in [-0.05, 0) is 44.2 Å². The Kier molecular flexibility index (Phi) is 4.43. The van der Waals surface area contributed by atoms with E-state index < -0.39 is 12.2 Å². The molecule has 8 heteroatoms. The molecule has 4 heterocycles. The largest absolute Gasteiger partial charge is 0.390 e. The first-order chi connectivity index (χ1) is 13.2. The van der Waals surface area contributed by atoms with Crippen molar-refractivity contribution >= 4 is 22.4 Å². The van der Waals surface area contributed by atoms with E-state index in [1.54, 1.807) is 23.7 Å². The molecule has 3 aromatic rings. The molecule has 27 heavy (non-hydrogen) atoms. The van der Waals surface area contributed by atoms with Gasteiger partial charge in [0.2, 0.25) is 0 Å². The van der Waals surface area contributed by atoms with E-state index >= 15 is 0 Å². The van der Waals surface area contributed by atoms with Crippen LogP contribution in [0.4, 0.5) is 0 Å². The fourth-order valence-corrected chi connectivity index (χ4v) is 5.46. The van der Waals surface area contributed by atoms with Gasteiger partial charge in [0.1, 0.15) is 23.1 Å². The van der Waals surface area contributed by atoms with Crippen molar-refractivity contribution in [1.29, 1.82) is 0 Å². The smallest absolute Gasteiger partial charge is 0.144 e. The Hall–Kier alpha value is -1.87.